The standard InChI is InChI=1S/C18H15N3O2/c1-21-17(22)12-11-16(20-21)18(23)19-15-9-7-14(8-10-15)13-5-3-2-4-6-13/h2-12H,1H3,(H,19,23). The van der Waals surface area contributed by atoms with Crippen molar-refractivity contribution < 1.29 is 4.79 Å². The number of benzene rings is 2. The summed E-state index contributed by atoms with van der Waals surface area (Å²) in [5.41, 5.74) is 2.80. The first-order chi connectivity index (χ1) is 11.1. The van der Waals surface area contributed by atoms with E-state index in [0.717, 1.165) is 15.8 Å². The van der Waals surface area contributed by atoms with Crippen molar-refractivity contribution in [1.29, 1.82) is 0 Å². The molecule has 3 rings (SSSR count). The van der Waals surface area contributed by atoms with Crippen molar-refractivity contribution in [2.24, 2.45) is 7.05 Å². The molecular formula is C18H15N3O2. The number of hydrogen-bond donors (Lipinski definition) is 1. The minimum Gasteiger partial charge on any atom is -0.321 e. The van der Waals surface area contributed by atoms with Gasteiger partial charge in [0.15, 0.2) is 0 Å². The summed E-state index contributed by atoms with van der Waals surface area (Å²) >= 11 is 0. The van der Waals surface area contributed by atoms with Crippen molar-refractivity contribution in [3.8, 4) is 11.1 Å². The van der Waals surface area contributed by atoms with Gasteiger partial charge in [-0.1, -0.05) is 42.5 Å². The Morgan fingerprint density at radius 2 is 1.57 bits per heavy atom. The van der Waals surface area contributed by atoms with E-state index >= 15 is 0 Å². The third-order valence-electron chi connectivity index (χ3n) is 3.44. The maximum atomic E-state index is 12.1. The summed E-state index contributed by atoms with van der Waals surface area (Å²) in [5, 5.41) is 6.69. The molecule has 23 heavy (non-hydrogen) atoms. The second kappa shape index (κ2) is 6.27. The summed E-state index contributed by atoms with van der Waals surface area (Å²) in [7, 11) is 1.51. The molecule has 0 saturated carbocycles. The summed E-state index contributed by atoms with van der Waals surface area (Å²) < 4.78 is 1.13. The lowest BCUT2D eigenvalue weighted by Crippen LogP contribution is -2.23. The molecule has 5 nitrogen and oxygen atoms in total. The summed E-state index contributed by atoms with van der Waals surface area (Å²) in [6.45, 7) is 0. The van der Waals surface area contributed by atoms with Gasteiger partial charge in [0.2, 0.25) is 0 Å². The average Bonchev–Trinajstić information content (AvgIpc) is 2.59. The smallest absolute Gasteiger partial charge is 0.276 e. The normalized spacial score (nSPS) is 10.3. The lowest BCUT2D eigenvalue weighted by atomic mass is 10.1. The van der Waals surface area contributed by atoms with Gasteiger partial charge >= 0.3 is 0 Å². The topological polar surface area (TPSA) is 64.0 Å². The summed E-state index contributed by atoms with van der Waals surface area (Å²) in [5.74, 6) is -0.354. The van der Waals surface area contributed by atoms with Gasteiger partial charge < -0.3 is 5.32 Å². The number of carbonyl (C=O) groups is 1. The van der Waals surface area contributed by atoms with E-state index in [4.69, 9.17) is 0 Å². The molecule has 0 saturated heterocycles. The number of carbonyl (C=O) groups excluding carboxylic acids is 1. The molecule has 1 N–H and O–H groups in total. The fourth-order valence-electron chi connectivity index (χ4n) is 2.20. The van der Waals surface area contributed by atoms with Crippen molar-refractivity contribution in [3.63, 3.8) is 0 Å². The predicted octanol–water partition coefficient (Wildman–Crippen LogP) is 2.70. The molecule has 1 heterocycles. The second-order valence-corrected chi connectivity index (χ2v) is 5.08. The first kappa shape index (κ1) is 14.7. The lowest BCUT2D eigenvalue weighted by Gasteiger charge is -2.07. The van der Waals surface area contributed by atoms with Gasteiger partial charge in [0, 0.05) is 18.8 Å². The van der Waals surface area contributed by atoms with Crippen LogP contribution in [0.4, 0.5) is 5.69 Å². The number of aryl methyl sites for hydroxylation is 1. The van der Waals surface area contributed by atoms with Crippen LogP contribution in [0.3, 0.4) is 0 Å². The zero-order chi connectivity index (χ0) is 16.2. The maximum absolute atomic E-state index is 12.1. The van der Waals surface area contributed by atoms with E-state index in [0.29, 0.717) is 5.69 Å². The highest BCUT2D eigenvalue weighted by atomic mass is 16.2. The van der Waals surface area contributed by atoms with Crippen LogP contribution in [-0.2, 0) is 7.05 Å². The zero-order valence-electron chi connectivity index (χ0n) is 12.6. The average molecular weight is 305 g/mol. The lowest BCUT2D eigenvalue weighted by molar-refractivity contribution is 0.102. The number of rotatable bonds is 3. The summed E-state index contributed by atoms with van der Waals surface area (Å²) in [6, 6.07) is 20.3. The minimum atomic E-state index is -0.354. The molecule has 0 unspecified atom stereocenters. The number of hydrogen-bond acceptors (Lipinski definition) is 3. The van der Waals surface area contributed by atoms with Crippen LogP contribution >= 0.6 is 0 Å². The van der Waals surface area contributed by atoms with Gasteiger partial charge in [-0.05, 0) is 29.3 Å². The van der Waals surface area contributed by atoms with E-state index in [1.54, 1.807) is 0 Å². The van der Waals surface area contributed by atoms with Crippen molar-refractivity contribution in [1.82, 2.24) is 9.78 Å². The molecule has 1 aromatic heterocycles. The van der Waals surface area contributed by atoms with Crippen LogP contribution in [0.15, 0.2) is 71.5 Å². The molecule has 0 aliphatic carbocycles. The molecule has 0 fully saturated rings. The Hall–Kier alpha value is -3.21. The number of anilines is 1. The fraction of sp³-hybridized carbons (Fsp3) is 0.0556. The zero-order valence-corrected chi connectivity index (χ0v) is 12.6. The van der Waals surface area contributed by atoms with Crippen molar-refractivity contribution in [3.05, 3.63) is 82.8 Å². The molecule has 3 aromatic rings. The van der Waals surface area contributed by atoms with E-state index in [-0.39, 0.29) is 17.2 Å². The Morgan fingerprint density at radius 3 is 2.22 bits per heavy atom. The fourth-order valence-corrected chi connectivity index (χ4v) is 2.20. The van der Waals surface area contributed by atoms with Crippen LogP contribution in [0.25, 0.3) is 11.1 Å². The minimum absolute atomic E-state index is 0.194. The van der Waals surface area contributed by atoms with Gasteiger partial charge in [-0.25, -0.2) is 4.68 Å². The van der Waals surface area contributed by atoms with E-state index in [1.807, 2.05) is 54.6 Å². The first-order valence-electron chi connectivity index (χ1n) is 7.15. The molecule has 5 heteroatoms. The largest absolute Gasteiger partial charge is 0.321 e. The predicted molar refractivity (Wildman–Crippen MR) is 89.3 cm³/mol. The third kappa shape index (κ3) is 3.35. The van der Waals surface area contributed by atoms with Crippen molar-refractivity contribution in [2.45, 2.75) is 0 Å². The molecule has 0 radical (unpaired) electrons. The number of amides is 1. The van der Waals surface area contributed by atoms with Gasteiger partial charge in [0.1, 0.15) is 5.69 Å². The SMILES string of the molecule is Cn1nc(C(=O)Nc2ccc(-c3ccccc3)cc2)ccc1=O. The quantitative estimate of drug-likeness (QED) is 0.809. The Morgan fingerprint density at radius 1 is 0.913 bits per heavy atom. The highest BCUT2D eigenvalue weighted by Gasteiger charge is 2.09. The molecular weight excluding hydrogens is 290 g/mol. The Kier molecular flexibility index (Phi) is 4.01. The molecule has 0 aliphatic heterocycles. The molecule has 114 valence electrons. The molecule has 0 aliphatic rings. The number of aromatic nitrogens is 2. The molecule has 2 aromatic carbocycles. The Bertz CT molecular complexity index is 884. The third-order valence-corrected chi connectivity index (χ3v) is 3.44. The van der Waals surface area contributed by atoms with Crippen molar-refractivity contribution in [2.75, 3.05) is 5.32 Å². The molecule has 0 atom stereocenters. The van der Waals surface area contributed by atoms with Crippen LogP contribution in [0.1, 0.15) is 10.5 Å². The van der Waals surface area contributed by atoms with Gasteiger partial charge in [-0.2, -0.15) is 5.10 Å². The van der Waals surface area contributed by atoms with Gasteiger partial charge in [0.25, 0.3) is 11.5 Å². The highest BCUT2D eigenvalue weighted by molar-refractivity contribution is 6.02. The first-order valence-corrected chi connectivity index (χ1v) is 7.15. The van der Waals surface area contributed by atoms with Gasteiger partial charge in [0.05, 0.1) is 0 Å². The van der Waals surface area contributed by atoms with Crippen LogP contribution in [-0.4, -0.2) is 15.7 Å². The van der Waals surface area contributed by atoms with Crippen molar-refractivity contribution >= 4 is 11.6 Å². The highest BCUT2D eigenvalue weighted by Crippen LogP contribution is 2.21. The van der Waals surface area contributed by atoms with E-state index in [9.17, 15) is 9.59 Å². The second-order valence-electron chi connectivity index (χ2n) is 5.08. The van der Waals surface area contributed by atoms with Crippen LogP contribution in [0.2, 0.25) is 0 Å². The molecule has 0 bridgehead atoms. The summed E-state index contributed by atoms with van der Waals surface area (Å²) in [6.07, 6.45) is 0. The van der Waals surface area contributed by atoms with Gasteiger partial charge in [-0.15, -0.1) is 0 Å². The Labute approximate surface area is 133 Å². The molecule has 0 spiro atoms. The Balaban J connectivity index is 1.76. The van der Waals surface area contributed by atoms with E-state index < -0.39 is 0 Å². The number of nitrogens with zero attached hydrogens (tertiary/aromatic N) is 2. The van der Waals surface area contributed by atoms with Crippen LogP contribution < -0.4 is 10.9 Å². The summed E-state index contributed by atoms with van der Waals surface area (Å²) in [4.78, 5) is 23.4. The van der Waals surface area contributed by atoms with Gasteiger partial charge in [-0.3, -0.25) is 9.59 Å². The number of nitrogens with one attached hydrogen (secondary N) is 1. The monoisotopic (exact) mass is 305 g/mol. The van der Waals surface area contributed by atoms with E-state index in [1.165, 1.54) is 19.2 Å². The van der Waals surface area contributed by atoms with Crippen LogP contribution in [0, 0.1) is 0 Å². The maximum Gasteiger partial charge on any atom is 0.276 e. The molecule has 1 amide bonds. The van der Waals surface area contributed by atoms with Crippen LogP contribution in [0.5, 0.6) is 0 Å². The van der Waals surface area contributed by atoms with E-state index in [2.05, 4.69) is 10.4 Å².